The fourth-order valence-electron chi connectivity index (χ4n) is 0.741. The fraction of sp³-hybridized carbons (Fsp3) is 0.125. The smallest absolute Gasteiger partial charge is 0.151 e. The summed E-state index contributed by atoms with van der Waals surface area (Å²) >= 11 is 0. The first kappa shape index (κ1) is 7.85. The van der Waals surface area contributed by atoms with E-state index in [0.717, 1.165) is 0 Å². The molecule has 0 radical (unpaired) electrons. The van der Waals surface area contributed by atoms with Crippen LogP contribution in [-0.2, 0) is 0 Å². The summed E-state index contributed by atoms with van der Waals surface area (Å²) in [7, 11) is 0. The van der Waals surface area contributed by atoms with Crippen LogP contribution in [0.1, 0.15) is 6.92 Å². The summed E-state index contributed by atoms with van der Waals surface area (Å²) in [6.07, 6.45) is 1.35. The Hall–Kier alpha value is -1.25. The van der Waals surface area contributed by atoms with Crippen molar-refractivity contribution in [1.29, 1.82) is 0 Å². The molecule has 11 heavy (non-hydrogen) atoms. The topological polar surface area (TPSA) is 12.4 Å². The lowest BCUT2D eigenvalue weighted by Gasteiger charge is -1.95. The molecule has 1 nitrogen and oxygen atoms in total. The summed E-state index contributed by atoms with van der Waals surface area (Å²) in [5.74, 6) is -1.27. The Bertz CT molecular complexity index is 261. The van der Waals surface area contributed by atoms with Crippen molar-refractivity contribution in [2.24, 2.45) is 4.99 Å². The molecule has 3 heteroatoms. The average Bonchev–Trinajstić information content (AvgIpc) is 1.97. The van der Waals surface area contributed by atoms with E-state index in [2.05, 4.69) is 4.99 Å². The summed E-state index contributed by atoms with van der Waals surface area (Å²) in [4.78, 5) is 3.53. The molecule has 0 fully saturated rings. The Kier molecular flexibility index (Phi) is 2.31. The van der Waals surface area contributed by atoms with Crippen molar-refractivity contribution in [2.75, 3.05) is 0 Å². The Balaban J connectivity index is 3.20. The number of aliphatic imine (C=N–C) groups is 1. The van der Waals surface area contributed by atoms with E-state index in [4.69, 9.17) is 0 Å². The summed E-state index contributed by atoms with van der Waals surface area (Å²) in [5.41, 5.74) is -0.227. The molecule has 0 N–H and O–H groups in total. The summed E-state index contributed by atoms with van der Waals surface area (Å²) < 4.78 is 25.4. The van der Waals surface area contributed by atoms with E-state index in [9.17, 15) is 8.78 Å². The van der Waals surface area contributed by atoms with Crippen molar-refractivity contribution in [2.45, 2.75) is 6.92 Å². The van der Waals surface area contributed by atoms with Gasteiger partial charge in [-0.1, -0.05) is 6.07 Å². The molecule has 0 saturated heterocycles. The second-order valence-electron chi connectivity index (χ2n) is 1.96. The van der Waals surface area contributed by atoms with Gasteiger partial charge in [-0.15, -0.1) is 0 Å². The maximum Gasteiger partial charge on any atom is 0.151 e. The molecular formula is C8H7F2N. The third kappa shape index (κ3) is 1.61. The fourth-order valence-corrected chi connectivity index (χ4v) is 0.741. The van der Waals surface area contributed by atoms with Gasteiger partial charge in [0, 0.05) is 6.21 Å². The zero-order valence-corrected chi connectivity index (χ0v) is 6.01. The van der Waals surface area contributed by atoms with Crippen LogP contribution in [0.2, 0.25) is 0 Å². The maximum atomic E-state index is 12.7. The second-order valence-corrected chi connectivity index (χ2v) is 1.96. The van der Waals surface area contributed by atoms with Gasteiger partial charge in [0.05, 0.1) is 0 Å². The lowest BCUT2D eigenvalue weighted by Crippen LogP contribution is -1.80. The predicted molar refractivity (Wildman–Crippen MR) is 40.2 cm³/mol. The van der Waals surface area contributed by atoms with Gasteiger partial charge in [-0.05, 0) is 19.1 Å². The quantitative estimate of drug-likeness (QED) is 0.553. The van der Waals surface area contributed by atoms with Crippen molar-refractivity contribution in [3.8, 4) is 0 Å². The first-order valence-electron chi connectivity index (χ1n) is 3.18. The van der Waals surface area contributed by atoms with Gasteiger partial charge in [0.15, 0.2) is 11.6 Å². The van der Waals surface area contributed by atoms with Crippen molar-refractivity contribution in [3.05, 3.63) is 29.8 Å². The number of para-hydroxylation sites is 1. The molecule has 0 atom stereocenters. The van der Waals surface area contributed by atoms with Gasteiger partial charge in [0.1, 0.15) is 5.69 Å². The van der Waals surface area contributed by atoms with Crippen LogP contribution in [0, 0.1) is 11.6 Å². The molecular weight excluding hydrogens is 148 g/mol. The zero-order chi connectivity index (χ0) is 8.27. The lowest BCUT2D eigenvalue weighted by molar-refractivity contribution is 0.587. The van der Waals surface area contributed by atoms with Gasteiger partial charge in [-0.2, -0.15) is 0 Å². The van der Waals surface area contributed by atoms with Gasteiger partial charge in [0.25, 0.3) is 0 Å². The van der Waals surface area contributed by atoms with Crippen LogP contribution in [0.25, 0.3) is 0 Å². The predicted octanol–water partition coefficient (Wildman–Crippen LogP) is 2.69. The molecule has 0 aliphatic carbocycles. The molecule has 0 bridgehead atoms. The molecule has 0 saturated carbocycles. The van der Waals surface area contributed by atoms with E-state index in [-0.39, 0.29) is 5.69 Å². The van der Waals surface area contributed by atoms with Gasteiger partial charge in [0.2, 0.25) is 0 Å². The summed E-state index contributed by atoms with van der Waals surface area (Å²) in [5, 5.41) is 0. The third-order valence-electron chi connectivity index (χ3n) is 1.20. The molecule has 58 valence electrons. The monoisotopic (exact) mass is 155 g/mol. The van der Waals surface area contributed by atoms with Gasteiger partial charge >= 0.3 is 0 Å². The highest BCUT2D eigenvalue weighted by atomic mass is 19.1. The van der Waals surface area contributed by atoms with Crippen LogP contribution in [0.4, 0.5) is 14.5 Å². The number of halogens is 2. The first-order chi connectivity index (χ1) is 5.25. The highest BCUT2D eigenvalue weighted by molar-refractivity contribution is 5.60. The standard InChI is InChI=1S/C8H7F2N/c1-2-11-8-6(9)4-3-5-7(8)10/h2-5H,1H3. The van der Waals surface area contributed by atoms with Gasteiger partial charge in [-0.3, -0.25) is 4.99 Å². The normalized spacial score (nSPS) is 10.8. The summed E-state index contributed by atoms with van der Waals surface area (Å²) in [6, 6.07) is 3.65. The second kappa shape index (κ2) is 3.23. The molecule has 1 aromatic rings. The maximum absolute atomic E-state index is 12.7. The van der Waals surface area contributed by atoms with E-state index >= 15 is 0 Å². The molecule has 0 heterocycles. The summed E-state index contributed by atoms with van der Waals surface area (Å²) in [6.45, 7) is 1.60. The van der Waals surface area contributed by atoms with Crippen molar-refractivity contribution in [3.63, 3.8) is 0 Å². The SMILES string of the molecule is CC=Nc1c(F)cccc1F. The molecule has 0 aliphatic rings. The van der Waals surface area contributed by atoms with Crippen molar-refractivity contribution >= 4 is 11.9 Å². The number of nitrogens with zero attached hydrogens (tertiary/aromatic N) is 1. The Morgan fingerprint density at radius 2 is 1.82 bits per heavy atom. The average molecular weight is 155 g/mol. The van der Waals surface area contributed by atoms with Gasteiger partial charge in [-0.25, -0.2) is 8.78 Å². The highest BCUT2D eigenvalue weighted by Crippen LogP contribution is 2.20. The molecule has 0 aromatic heterocycles. The Morgan fingerprint density at radius 1 is 1.27 bits per heavy atom. The number of hydrogen-bond donors (Lipinski definition) is 0. The van der Waals surface area contributed by atoms with Crippen LogP contribution in [0.3, 0.4) is 0 Å². The Labute approximate surface area is 63.4 Å². The number of benzene rings is 1. The van der Waals surface area contributed by atoms with Crippen LogP contribution in [0.15, 0.2) is 23.2 Å². The van der Waals surface area contributed by atoms with Gasteiger partial charge < -0.3 is 0 Å². The third-order valence-corrected chi connectivity index (χ3v) is 1.20. The first-order valence-corrected chi connectivity index (χ1v) is 3.18. The van der Waals surface area contributed by atoms with E-state index in [1.165, 1.54) is 24.4 Å². The van der Waals surface area contributed by atoms with E-state index in [0.29, 0.717) is 0 Å². The van der Waals surface area contributed by atoms with E-state index in [1.807, 2.05) is 0 Å². The van der Waals surface area contributed by atoms with Crippen LogP contribution in [-0.4, -0.2) is 6.21 Å². The Morgan fingerprint density at radius 3 is 2.27 bits per heavy atom. The van der Waals surface area contributed by atoms with E-state index in [1.54, 1.807) is 6.92 Å². The molecule has 0 unspecified atom stereocenters. The van der Waals surface area contributed by atoms with Crippen LogP contribution in [0.5, 0.6) is 0 Å². The molecule has 1 rings (SSSR count). The lowest BCUT2D eigenvalue weighted by atomic mass is 10.3. The largest absolute Gasteiger partial charge is 0.255 e. The van der Waals surface area contributed by atoms with Crippen molar-refractivity contribution in [1.82, 2.24) is 0 Å². The minimum Gasteiger partial charge on any atom is -0.255 e. The number of rotatable bonds is 1. The minimum absolute atomic E-state index is 0.227. The molecule has 0 spiro atoms. The van der Waals surface area contributed by atoms with Crippen LogP contribution < -0.4 is 0 Å². The van der Waals surface area contributed by atoms with E-state index < -0.39 is 11.6 Å². The number of hydrogen-bond acceptors (Lipinski definition) is 1. The minimum atomic E-state index is -0.636. The highest BCUT2D eigenvalue weighted by Gasteiger charge is 2.04. The van der Waals surface area contributed by atoms with Crippen LogP contribution >= 0.6 is 0 Å². The van der Waals surface area contributed by atoms with Crippen molar-refractivity contribution < 1.29 is 8.78 Å². The molecule has 0 amide bonds. The molecule has 0 aliphatic heterocycles. The molecule has 1 aromatic carbocycles. The zero-order valence-electron chi connectivity index (χ0n) is 6.01.